The first-order valence-electron chi connectivity index (χ1n) is 6.24. The summed E-state index contributed by atoms with van der Waals surface area (Å²) >= 11 is 11.1. The maximum atomic E-state index is 13.8. The summed E-state index contributed by atoms with van der Waals surface area (Å²) in [5.74, 6) is -0.0417. The van der Waals surface area contributed by atoms with Gasteiger partial charge in [-0.05, 0) is 36.5 Å². The fourth-order valence-electron chi connectivity index (χ4n) is 1.81. The van der Waals surface area contributed by atoms with Crippen molar-refractivity contribution in [3.05, 3.63) is 63.8 Å². The zero-order valence-electron chi connectivity index (χ0n) is 11.1. The van der Waals surface area contributed by atoms with Crippen LogP contribution in [0, 0.1) is 10.6 Å². The molecular weight excluding hydrogens is 325 g/mol. The minimum atomic E-state index is -0.467. The van der Waals surface area contributed by atoms with E-state index in [1.54, 1.807) is 24.4 Å². The molecule has 0 fully saturated rings. The molecule has 0 radical (unpaired) electrons. The predicted molar refractivity (Wildman–Crippen MR) is 85.0 cm³/mol. The van der Waals surface area contributed by atoms with E-state index in [2.05, 4.69) is 20.3 Å². The highest BCUT2D eigenvalue weighted by molar-refractivity contribution is 7.71. The summed E-state index contributed by atoms with van der Waals surface area (Å²) in [6.07, 6.45) is 2.93. The highest BCUT2D eigenvalue weighted by atomic mass is 35.5. The average Bonchev–Trinajstić information content (AvgIpc) is 2.89. The van der Waals surface area contributed by atoms with Crippen LogP contribution in [0.2, 0.25) is 5.02 Å². The lowest BCUT2D eigenvalue weighted by Crippen LogP contribution is -1.98. The molecule has 5 nitrogen and oxygen atoms in total. The molecule has 0 bridgehead atoms. The molecule has 3 aromatic rings. The summed E-state index contributed by atoms with van der Waals surface area (Å²) in [7, 11) is 0. The molecular formula is C14H9ClFN5S. The topological polar surface area (TPSA) is 58.9 Å². The Morgan fingerprint density at radius 3 is 2.86 bits per heavy atom. The second kappa shape index (κ2) is 6.17. The lowest BCUT2D eigenvalue weighted by molar-refractivity contribution is 0.625. The maximum Gasteiger partial charge on any atom is 0.216 e. The van der Waals surface area contributed by atoms with Gasteiger partial charge in [-0.15, -0.1) is 0 Å². The second-order valence-electron chi connectivity index (χ2n) is 4.26. The Kier molecular flexibility index (Phi) is 4.08. The number of halogens is 2. The number of aromatic amines is 1. The molecule has 0 amide bonds. The quantitative estimate of drug-likeness (QED) is 0.587. The Morgan fingerprint density at radius 2 is 2.14 bits per heavy atom. The van der Waals surface area contributed by atoms with Crippen molar-refractivity contribution >= 4 is 30.0 Å². The molecule has 2 heterocycles. The van der Waals surface area contributed by atoms with Crippen molar-refractivity contribution in [3.8, 4) is 11.5 Å². The summed E-state index contributed by atoms with van der Waals surface area (Å²) < 4.78 is 15.4. The third-order valence-corrected chi connectivity index (χ3v) is 3.44. The SMILES string of the molecule is Fc1cccc(Cl)c1C=Nn1c(-c2ccccn2)n[nH]c1=S. The maximum absolute atomic E-state index is 13.8. The molecule has 0 spiro atoms. The Balaban J connectivity index is 2.05. The van der Waals surface area contributed by atoms with Gasteiger partial charge in [-0.3, -0.25) is 4.98 Å². The minimum Gasteiger partial charge on any atom is -0.253 e. The minimum absolute atomic E-state index is 0.180. The zero-order chi connectivity index (χ0) is 15.5. The van der Waals surface area contributed by atoms with Crippen LogP contribution in [0.5, 0.6) is 0 Å². The molecule has 22 heavy (non-hydrogen) atoms. The van der Waals surface area contributed by atoms with Gasteiger partial charge in [0.25, 0.3) is 0 Å². The van der Waals surface area contributed by atoms with Crippen LogP contribution in [0.25, 0.3) is 11.5 Å². The van der Waals surface area contributed by atoms with E-state index < -0.39 is 5.82 Å². The van der Waals surface area contributed by atoms with Gasteiger partial charge in [0.15, 0.2) is 0 Å². The molecule has 0 unspecified atom stereocenters. The van der Waals surface area contributed by atoms with Crippen molar-refractivity contribution in [2.45, 2.75) is 0 Å². The van der Waals surface area contributed by atoms with E-state index in [0.717, 1.165) is 0 Å². The number of hydrogen-bond donors (Lipinski definition) is 1. The highest BCUT2D eigenvalue weighted by Crippen LogP contribution is 2.18. The molecule has 0 saturated carbocycles. The Bertz CT molecular complexity index is 867. The number of benzene rings is 1. The van der Waals surface area contributed by atoms with E-state index in [4.69, 9.17) is 23.8 Å². The van der Waals surface area contributed by atoms with Crippen molar-refractivity contribution in [3.63, 3.8) is 0 Å². The molecule has 0 aliphatic rings. The van der Waals surface area contributed by atoms with Gasteiger partial charge in [0.05, 0.1) is 11.2 Å². The lowest BCUT2D eigenvalue weighted by Gasteiger charge is -2.01. The highest BCUT2D eigenvalue weighted by Gasteiger charge is 2.09. The van der Waals surface area contributed by atoms with E-state index in [0.29, 0.717) is 11.5 Å². The molecule has 1 aromatic carbocycles. The van der Waals surface area contributed by atoms with E-state index in [9.17, 15) is 4.39 Å². The first-order valence-corrected chi connectivity index (χ1v) is 7.02. The smallest absolute Gasteiger partial charge is 0.216 e. The van der Waals surface area contributed by atoms with Crippen LogP contribution < -0.4 is 0 Å². The summed E-state index contributed by atoms with van der Waals surface area (Å²) in [5.41, 5.74) is 0.769. The van der Waals surface area contributed by atoms with Gasteiger partial charge >= 0.3 is 0 Å². The predicted octanol–water partition coefficient (Wildman–Crippen LogP) is 3.68. The fraction of sp³-hybridized carbons (Fsp3) is 0. The number of rotatable bonds is 3. The van der Waals surface area contributed by atoms with Gasteiger partial charge in [-0.2, -0.15) is 14.9 Å². The first-order chi connectivity index (χ1) is 10.7. The van der Waals surface area contributed by atoms with Crippen molar-refractivity contribution in [1.82, 2.24) is 19.9 Å². The third kappa shape index (κ3) is 2.81. The van der Waals surface area contributed by atoms with Crippen molar-refractivity contribution in [2.24, 2.45) is 5.10 Å². The Hall–Kier alpha value is -2.38. The molecule has 0 atom stereocenters. The van der Waals surface area contributed by atoms with Crippen molar-refractivity contribution in [2.75, 3.05) is 0 Å². The normalized spacial score (nSPS) is 11.2. The molecule has 1 N–H and O–H groups in total. The molecule has 0 saturated heterocycles. The van der Waals surface area contributed by atoms with E-state index in [1.807, 2.05) is 6.07 Å². The van der Waals surface area contributed by atoms with Crippen LogP contribution in [-0.4, -0.2) is 26.1 Å². The Labute approximate surface area is 135 Å². The third-order valence-electron chi connectivity index (χ3n) is 2.85. The summed E-state index contributed by atoms with van der Waals surface area (Å²) in [6, 6.07) is 9.80. The van der Waals surface area contributed by atoms with Gasteiger partial charge < -0.3 is 0 Å². The molecule has 3 rings (SSSR count). The van der Waals surface area contributed by atoms with Crippen LogP contribution in [0.4, 0.5) is 4.39 Å². The van der Waals surface area contributed by atoms with Gasteiger partial charge in [0, 0.05) is 11.8 Å². The largest absolute Gasteiger partial charge is 0.253 e. The number of hydrogen-bond acceptors (Lipinski definition) is 4. The molecule has 8 heteroatoms. The van der Waals surface area contributed by atoms with Crippen LogP contribution in [-0.2, 0) is 0 Å². The Morgan fingerprint density at radius 1 is 1.27 bits per heavy atom. The van der Waals surface area contributed by atoms with Crippen LogP contribution in [0.1, 0.15) is 5.56 Å². The van der Waals surface area contributed by atoms with Crippen LogP contribution in [0.3, 0.4) is 0 Å². The van der Waals surface area contributed by atoms with Gasteiger partial charge in [0.1, 0.15) is 11.5 Å². The molecule has 0 aliphatic heterocycles. The van der Waals surface area contributed by atoms with Crippen molar-refractivity contribution < 1.29 is 4.39 Å². The number of aromatic nitrogens is 4. The standard InChI is InChI=1S/C14H9ClFN5S/c15-10-4-3-5-11(16)9(10)8-18-21-13(19-20-14(21)22)12-6-1-2-7-17-12/h1-8H,(H,20,22). The number of nitrogens with one attached hydrogen (secondary N) is 1. The van der Waals surface area contributed by atoms with Crippen LogP contribution >= 0.6 is 23.8 Å². The fourth-order valence-corrected chi connectivity index (χ4v) is 2.20. The molecule has 110 valence electrons. The molecule has 2 aromatic heterocycles. The number of H-pyrrole nitrogens is 1. The molecule has 0 aliphatic carbocycles. The number of nitrogens with zero attached hydrogens (tertiary/aromatic N) is 4. The number of pyridine rings is 1. The van der Waals surface area contributed by atoms with Crippen molar-refractivity contribution in [1.29, 1.82) is 0 Å². The van der Waals surface area contributed by atoms with Crippen LogP contribution in [0.15, 0.2) is 47.7 Å². The summed E-state index contributed by atoms with van der Waals surface area (Å²) in [6.45, 7) is 0. The van der Waals surface area contributed by atoms with E-state index in [-0.39, 0.29) is 15.4 Å². The lowest BCUT2D eigenvalue weighted by atomic mass is 10.2. The summed E-state index contributed by atoms with van der Waals surface area (Å²) in [4.78, 5) is 4.19. The van der Waals surface area contributed by atoms with Gasteiger partial charge in [-0.25, -0.2) is 9.49 Å². The summed E-state index contributed by atoms with van der Waals surface area (Å²) in [5, 5.41) is 11.1. The van der Waals surface area contributed by atoms with Gasteiger partial charge in [-0.1, -0.05) is 23.7 Å². The van der Waals surface area contributed by atoms with E-state index >= 15 is 0 Å². The monoisotopic (exact) mass is 333 g/mol. The van der Waals surface area contributed by atoms with Gasteiger partial charge in [0.2, 0.25) is 10.6 Å². The van der Waals surface area contributed by atoms with E-state index in [1.165, 1.54) is 23.0 Å². The first kappa shape index (κ1) is 14.6. The average molecular weight is 334 g/mol. The zero-order valence-corrected chi connectivity index (χ0v) is 12.6. The second-order valence-corrected chi connectivity index (χ2v) is 5.05.